The van der Waals surface area contributed by atoms with Crippen LogP contribution >= 0.6 is 0 Å². The van der Waals surface area contributed by atoms with Crippen LogP contribution in [-0.4, -0.2) is 26.7 Å². The summed E-state index contributed by atoms with van der Waals surface area (Å²) < 4.78 is 14.7. The maximum Gasteiger partial charge on any atom is 0.735 e. The quantitative estimate of drug-likeness (QED) is 0.554. The standard InChI is InChI=1S/C11H16O6Si/c1-5-6-7-8-18(15-9(2)12,16-10(3)13)17-11(4)14/h5-8H,1-4H3/b6-5+,8-7+. The molecule has 0 aliphatic carbocycles. The highest BCUT2D eigenvalue weighted by atomic mass is 28.4. The molecule has 0 unspecified atom stereocenters. The van der Waals surface area contributed by atoms with Crippen molar-refractivity contribution in [3.8, 4) is 0 Å². The fourth-order valence-corrected chi connectivity index (χ4v) is 2.93. The Kier molecular flexibility index (Phi) is 6.65. The number of rotatable bonds is 5. The maximum atomic E-state index is 11.0. The molecule has 0 radical (unpaired) electrons. The minimum Gasteiger partial charge on any atom is -0.452 e. The summed E-state index contributed by atoms with van der Waals surface area (Å²) in [5, 5.41) is 0. The lowest BCUT2D eigenvalue weighted by molar-refractivity contribution is -0.146. The van der Waals surface area contributed by atoms with Gasteiger partial charge in [0.05, 0.1) is 0 Å². The monoisotopic (exact) mass is 272 g/mol. The molecule has 0 rings (SSSR count). The smallest absolute Gasteiger partial charge is 0.452 e. The van der Waals surface area contributed by atoms with Crippen LogP contribution in [0.3, 0.4) is 0 Å². The summed E-state index contributed by atoms with van der Waals surface area (Å²) in [7, 11) is -3.80. The Morgan fingerprint density at radius 2 is 1.22 bits per heavy atom. The van der Waals surface area contributed by atoms with Crippen LogP contribution in [0.2, 0.25) is 0 Å². The van der Waals surface area contributed by atoms with Crippen LogP contribution in [0.25, 0.3) is 0 Å². The molecule has 0 N–H and O–H groups in total. The molecule has 0 aromatic rings. The topological polar surface area (TPSA) is 78.9 Å². The minimum absolute atomic E-state index is 0.700. The first-order valence-corrected chi connectivity index (χ1v) is 7.01. The van der Waals surface area contributed by atoms with Crippen molar-refractivity contribution in [2.45, 2.75) is 27.7 Å². The lowest BCUT2D eigenvalue weighted by Gasteiger charge is -2.22. The summed E-state index contributed by atoms with van der Waals surface area (Å²) in [5.74, 6) is -2.10. The molecule has 0 aromatic carbocycles. The Morgan fingerprint density at radius 1 is 0.833 bits per heavy atom. The Labute approximate surface area is 107 Å². The molecule has 0 aliphatic rings. The third-order valence-electron chi connectivity index (χ3n) is 1.46. The van der Waals surface area contributed by atoms with E-state index in [2.05, 4.69) is 0 Å². The molecule has 0 amide bonds. The van der Waals surface area contributed by atoms with Gasteiger partial charge in [-0.3, -0.25) is 14.4 Å². The van der Waals surface area contributed by atoms with Crippen molar-refractivity contribution in [1.29, 1.82) is 0 Å². The van der Waals surface area contributed by atoms with Crippen LogP contribution < -0.4 is 0 Å². The molecular weight excluding hydrogens is 256 g/mol. The van der Waals surface area contributed by atoms with Gasteiger partial charge in [0.15, 0.2) is 0 Å². The fourth-order valence-electron chi connectivity index (χ4n) is 1.05. The highest BCUT2D eigenvalue weighted by Crippen LogP contribution is 2.13. The van der Waals surface area contributed by atoms with E-state index in [1.165, 1.54) is 11.8 Å². The average Bonchev–Trinajstić information content (AvgIpc) is 2.13. The number of hydrogen-bond acceptors (Lipinski definition) is 6. The molecule has 0 fully saturated rings. The van der Waals surface area contributed by atoms with Crippen molar-refractivity contribution >= 4 is 26.7 Å². The third-order valence-corrected chi connectivity index (χ3v) is 3.78. The van der Waals surface area contributed by atoms with Gasteiger partial charge < -0.3 is 13.3 Å². The number of hydrogen-bond donors (Lipinski definition) is 0. The van der Waals surface area contributed by atoms with Crippen LogP contribution in [0.1, 0.15) is 27.7 Å². The predicted octanol–water partition coefficient (Wildman–Crippen LogP) is 1.29. The third kappa shape index (κ3) is 6.64. The van der Waals surface area contributed by atoms with Crippen molar-refractivity contribution in [2.75, 3.05) is 0 Å². The largest absolute Gasteiger partial charge is 0.735 e. The molecule has 18 heavy (non-hydrogen) atoms. The molecule has 0 saturated carbocycles. The summed E-state index contributed by atoms with van der Waals surface area (Å²) in [6, 6.07) is 0. The van der Waals surface area contributed by atoms with Gasteiger partial charge in [-0.1, -0.05) is 18.2 Å². The maximum absolute atomic E-state index is 11.0. The van der Waals surface area contributed by atoms with Gasteiger partial charge in [0.25, 0.3) is 17.9 Å². The fraction of sp³-hybridized carbons (Fsp3) is 0.364. The molecule has 0 spiro atoms. The molecule has 0 aromatic heterocycles. The van der Waals surface area contributed by atoms with Crippen molar-refractivity contribution < 1.29 is 27.7 Å². The summed E-state index contributed by atoms with van der Waals surface area (Å²) in [4.78, 5) is 33.1. The van der Waals surface area contributed by atoms with E-state index in [4.69, 9.17) is 13.3 Å². The Morgan fingerprint density at radius 3 is 1.50 bits per heavy atom. The first-order chi connectivity index (χ1) is 8.31. The van der Waals surface area contributed by atoms with Gasteiger partial charge >= 0.3 is 8.80 Å². The van der Waals surface area contributed by atoms with Gasteiger partial charge in [0.2, 0.25) is 0 Å². The molecule has 100 valence electrons. The van der Waals surface area contributed by atoms with E-state index in [1.807, 2.05) is 0 Å². The highest BCUT2D eigenvalue weighted by molar-refractivity contribution is 6.70. The van der Waals surface area contributed by atoms with E-state index in [9.17, 15) is 14.4 Å². The van der Waals surface area contributed by atoms with Crippen molar-refractivity contribution in [2.24, 2.45) is 0 Å². The summed E-state index contributed by atoms with van der Waals surface area (Å²) in [6.45, 7) is 5.19. The molecule has 0 bridgehead atoms. The Bertz CT molecular complexity index is 344. The van der Waals surface area contributed by atoms with E-state index < -0.39 is 26.7 Å². The molecule has 6 nitrogen and oxygen atoms in total. The summed E-state index contributed by atoms with van der Waals surface area (Å²) >= 11 is 0. The van der Waals surface area contributed by atoms with Crippen molar-refractivity contribution in [3.63, 3.8) is 0 Å². The normalized spacial score (nSPS) is 11.6. The number of allylic oxidation sites excluding steroid dienone is 3. The highest BCUT2D eigenvalue weighted by Gasteiger charge is 2.49. The van der Waals surface area contributed by atoms with E-state index in [0.717, 1.165) is 20.8 Å². The van der Waals surface area contributed by atoms with Crippen LogP contribution in [0.4, 0.5) is 0 Å². The van der Waals surface area contributed by atoms with Crippen LogP contribution in [0.15, 0.2) is 23.9 Å². The van der Waals surface area contributed by atoms with Crippen molar-refractivity contribution in [1.82, 2.24) is 0 Å². The molecular formula is C11H16O6Si. The predicted molar refractivity (Wildman–Crippen MR) is 65.0 cm³/mol. The SMILES string of the molecule is C/C=C/C=C/[Si](OC(C)=O)(OC(C)=O)OC(C)=O. The molecule has 7 heteroatoms. The second-order valence-corrected chi connectivity index (χ2v) is 5.42. The van der Waals surface area contributed by atoms with Gasteiger partial charge in [0.1, 0.15) is 0 Å². The first-order valence-electron chi connectivity index (χ1n) is 5.20. The van der Waals surface area contributed by atoms with Gasteiger partial charge in [-0.15, -0.1) is 0 Å². The molecule has 0 atom stereocenters. The van der Waals surface area contributed by atoms with E-state index in [0.29, 0.717) is 0 Å². The lowest BCUT2D eigenvalue weighted by Crippen LogP contribution is -2.48. The molecule has 0 aliphatic heterocycles. The summed E-state index contributed by atoms with van der Waals surface area (Å²) in [6.07, 6.45) is 4.82. The van der Waals surface area contributed by atoms with Crippen molar-refractivity contribution in [3.05, 3.63) is 23.9 Å². The second kappa shape index (κ2) is 7.44. The molecule has 0 saturated heterocycles. The first kappa shape index (κ1) is 16.1. The van der Waals surface area contributed by atoms with E-state index >= 15 is 0 Å². The zero-order valence-electron chi connectivity index (χ0n) is 10.8. The van der Waals surface area contributed by atoms with Gasteiger partial charge in [-0.2, -0.15) is 0 Å². The van der Waals surface area contributed by atoms with Crippen LogP contribution in [0.5, 0.6) is 0 Å². The Hall–Kier alpha value is -1.89. The average molecular weight is 272 g/mol. The van der Waals surface area contributed by atoms with Gasteiger partial charge in [0, 0.05) is 26.5 Å². The van der Waals surface area contributed by atoms with Gasteiger partial charge in [-0.05, 0) is 6.92 Å². The van der Waals surface area contributed by atoms with E-state index in [1.54, 1.807) is 19.1 Å². The summed E-state index contributed by atoms with van der Waals surface area (Å²) in [5.41, 5.74) is 1.29. The second-order valence-electron chi connectivity index (χ2n) is 3.27. The number of carbonyl (C=O) groups excluding carboxylic acids is 3. The van der Waals surface area contributed by atoms with Gasteiger partial charge in [-0.25, -0.2) is 0 Å². The van der Waals surface area contributed by atoms with Crippen LogP contribution in [-0.2, 0) is 27.7 Å². The minimum atomic E-state index is -3.80. The molecule has 0 heterocycles. The van der Waals surface area contributed by atoms with E-state index in [-0.39, 0.29) is 0 Å². The Balaban J connectivity index is 5.28. The number of carbonyl (C=O) groups is 3. The lowest BCUT2D eigenvalue weighted by atomic mass is 10.5. The zero-order valence-corrected chi connectivity index (χ0v) is 11.8. The zero-order chi connectivity index (χ0) is 14.2. The van der Waals surface area contributed by atoms with Crippen LogP contribution in [0, 0.1) is 0 Å².